The van der Waals surface area contributed by atoms with Crippen LogP contribution in [0.1, 0.15) is 24.8 Å². The molecule has 0 aromatic heterocycles. The quantitative estimate of drug-likeness (QED) is 0.765. The highest BCUT2D eigenvalue weighted by Gasteiger charge is 2.48. The van der Waals surface area contributed by atoms with Crippen molar-refractivity contribution in [2.45, 2.75) is 31.8 Å². The molecule has 2 amide bonds. The van der Waals surface area contributed by atoms with Crippen molar-refractivity contribution >= 4 is 11.8 Å². The third-order valence-electron chi connectivity index (χ3n) is 6.36. The Morgan fingerprint density at radius 3 is 2.53 bits per heavy atom. The van der Waals surface area contributed by atoms with Gasteiger partial charge in [-0.25, -0.2) is 0 Å². The van der Waals surface area contributed by atoms with Crippen molar-refractivity contribution in [2.24, 2.45) is 5.41 Å². The fourth-order valence-electron chi connectivity index (χ4n) is 4.84. The van der Waals surface area contributed by atoms with Crippen molar-refractivity contribution in [3.63, 3.8) is 0 Å². The van der Waals surface area contributed by atoms with Gasteiger partial charge in [0, 0.05) is 33.8 Å². The molecule has 2 aromatic carbocycles. The number of carbonyl (C=O) groups is 2. The summed E-state index contributed by atoms with van der Waals surface area (Å²) in [6.07, 6.45) is 2.65. The van der Waals surface area contributed by atoms with Gasteiger partial charge in [0.25, 0.3) is 5.91 Å². The number of hydrogen-bond acceptors (Lipinski definition) is 3. The molecule has 0 spiro atoms. The third-order valence-corrected chi connectivity index (χ3v) is 6.36. The van der Waals surface area contributed by atoms with Crippen LogP contribution in [0.15, 0.2) is 54.6 Å². The van der Waals surface area contributed by atoms with Crippen molar-refractivity contribution in [3.8, 4) is 11.1 Å². The summed E-state index contributed by atoms with van der Waals surface area (Å²) in [5.74, 6) is 0.130. The first kappa shape index (κ1) is 20.6. The van der Waals surface area contributed by atoms with Gasteiger partial charge in [0.15, 0.2) is 0 Å². The van der Waals surface area contributed by atoms with Crippen LogP contribution in [-0.4, -0.2) is 61.5 Å². The van der Waals surface area contributed by atoms with Gasteiger partial charge in [0.1, 0.15) is 6.10 Å². The van der Waals surface area contributed by atoms with Crippen molar-refractivity contribution in [3.05, 3.63) is 60.2 Å². The largest absolute Gasteiger partial charge is 0.368 e. The minimum Gasteiger partial charge on any atom is -0.368 e. The fraction of sp³-hybridized carbons (Fsp3) is 0.440. The van der Waals surface area contributed by atoms with E-state index in [1.54, 1.807) is 19.0 Å². The number of benzene rings is 2. The average molecular weight is 407 g/mol. The molecule has 2 aliphatic rings. The summed E-state index contributed by atoms with van der Waals surface area (Å²) in [6, 6.07) is 18.6. The second kappa shape index (κ2) is 8.60. The number of nitrogens with zero attached hydrogens (tertiary/aromatic N) is 2. The maximum absolute atomic E-state index is 13.4. The molecule has 2 aromatic rings. The lowest BCUT2D eigenvalue weighted by molar-refractivity contribution is -0.142. The maximum Gasteiger partial charge on any atom is 0.251 e. The molecule has 2 heterocycles. The van der Waals surface area contributed by atoms with Crippen LogP contribution in [0, 0.1) is 5.41 Å². The van der Waals surface area contributed by atoms with E-state index in [0.717, 1.165) is 29.5 Å². The summed E-state index contributed by atoms with van der Waals surface area (Å²) < 4.78 is 5.61. The molecule has 2 fully saturated rings. The van der Waals surface area contributed by atoms with Gasteiger partial charge >= 0.3 is 0 Å². The summed E-state index contributed by atoms with van der Waals surface area (Å²) in [6.45, 7) is 1.70. The lowest BCUT2D eigenvalue weighted by Gasteiger charge is -2.32. The number of rotatable bonds is 5. The standard InChI is InChI=1S/C25H30N2O3/c1-26(2)24(29)25(14-15-27(18-25)23(28)22-13-8-16-30-22)17-20-11-6-7-12-21(20)19-9-4-3-5-10-19/h3-7,9-12,22H,8,13-18H2,1-2H3/t22-,25+/m0/s1. The van der Waals surface area contributed by atoms with E-state index < -0.39 is 5.41 Å². The van der Waals surface area contributed by atoms with E-state index >= 15 is 0 Å². The first-order valence-corrected chi connectivity index (χ1v) is 10.8. The van der Waals surface area contributed by atoms with Gasteiger partial charge in [-0.2, -0.15) is 0 Å². The molecule has 0 radical (unpaired) electrons. The number of amides is 2. The Balaban J connectivity index is 1.64. The molecule has 30 heavy (non-hydrogen) atoms. The molecule has 0 bridgehead atoms. The zero-order chi connectivity index (χ0) is 21.1. The third kappa shape index (κ3) is 3.99. The van der Waals surface area contributed by atoms with Crippen molar-refractivity contribution in [1.29, 1.82) is 0 Å². The smallest absolute Gasteiger partial charge is 0.251 e. The van der Waals surface area contributed by atoms with Crippen molar-refractivity contribution in [2.75, 3.05) is 33.8 Å². The molecule has 0 N–H and O–H groups in total. The van der Waals surface area contributed by atoms with Crippen molar-refractivity contribution < 1.29 is 14.3 Å². The van der Waals surface area contributed by atoms with Crippen LogP contribution >= 0.6 is 0 Å². The van der Waals surface area contributed by atoms with Crippen LogP contribution in [0.25, 0.3) is 11.1 Å². The predicted molar refractivity (Wildman–Crippen MR) is 117 cm³/mol. The number of likely N-dealkylation sites (tertiary alicyclic amines) is 1. The summed E-state index contributed by atoms with van der Waals surface area (Å²) in [5.41, 5.74) is 2.83. The molecular formula is C25H30N2O3. The Hall–Kier alpha value is -2.66. The lowest BCUT2D eigenvalue weighted by atomic mass is 9.77. The Kier molecular flexibility index (Phi) is 5.91. The number of hydrogen-bond donors (Lipinski definition) is 0. The fourth-order valence-corrected chi connectivity index (χ4v) is 4.84. The molecule has 4 rings (SSSR count). The highest BCUT2D eigenvalue weighted by molar-refractivity contribution is 5.87. The van der Waals surface area contributed by atoms with E-state index in [-0.39, 0.29) is 17.9 Å². The molecule has 0 saturated carbocycles. The van der Waals surface area contributed by atoms with Gasteiger partial charge in [0.05, 0.1) is 5.41 Å². The van der Waals surface area contributed by atoms with Gasteiger partial charge in [-0.05, 0) is 42.4 Å². The first-order valence-electron chi connectivity index (χ1n) is 10.8. The topological polar surface area (TPSA) is 49.9 Å². The maximum atomic E-state index is 13.4. The van der Waals surface area contributed by atoms with Gasteiger partial charge < -0.3 is 14.5 Å². The highest BCUT2D eigenvalue weighted by atomic mass is 16.5. The molecule has 0 unspecified atom stereocenters. The van der Waals surface area contributed by atoms with E-state index in [0.29, 0.717) is 32.5 Å². The van der Waals surface area contributed by atoms with E-state index in [4.69, 9.17) is 4.74 Å². The molecule has 2 saturated heterocycles. The van der Waals surface area contributed by atoms with E-state index in [9.17, 15) is 9.59 Å². The van der Waals surface area contributed by atoms with E-state index in [1.807, 2.05) is 35.2 Å². The molecule has 5 nitrogen and oxygen atoms in total. The second-order valence-electron chi connectivity index (χ2n) is 8.69. The lowest BCUT2D eigenvalue weighted by Crippen LogP contribution is -2.46. The Bertz CT molecular complexity index is 906. The van der Waals surface area contributed by atoms with Crippen LogP contribution in [0.2, 0.25) is 0 Å². The highest BCUT2D eigenvalue weighted by Crippen LogP contribution is 2.39. The first-order chi connectivity index (χ1) is 14.5. The minimum absolute atomic E-state index is 0.0391. The normalized spacial score (nSPS) is 23.5. The Labute approximate surface area is 178 Å². The SMILES string of the molecule is CN(C)C(=O)[C@@]1(Cc2ccccc2-c2ccccc2)CCN(C(=O)[C@@H]2CCCO2)C1. The predicted octanol–water partition coefficient (Wildman–Crippen LogP) is 3.38. The molecular weight excluding hydrogens is 376 g/mol. The van der Waals surface area contributed by atoms with Crippen molar-refractivity contribution in [1.82, 2.24) is 9.80 Å². The average Bonchev–Trinajstić information content (AvgIpc) is 3.45. The molecule has 5 heteroatoms. The Morgan fingerprint density at radius 2 is 1.83 bits per heavy atom. The van der Waals surface area contributed by atoms with E-state index in [2.05, 4.69) is 24.3 Å². The molecule has 2 aliphatic heterocycles. The second-order valence-corrected chi connectivity index (χ2v) is 8.69. The number of carbonyl (C=O) groups excluding carboxylic acids is 2. The van der Waals surface area contributed by atoms with Gasteiger partial charge in [-0.1, -0.05) is 54.6 Å². The van der Waals surface area contributed by atoms with Gasteiger partial charge in [0.2, 0.25) is 5.91 Å². The van der Waals surface area contributed by atoms with Crippen LogP contribution in [0.4, 0.5) is 0 Å². The summed E-state index contributed by atoms with van der Waals surface area (Å²) in [4.78, 5) is 29.8. The molecule has 0 aliphatic carbocycles. The van der Waals surface area contributed by atoms with Gasteiger partial charge in [-0.3, -0.25) is 9.59 Å². The molecule has 158 valence electrons. The zero-order valence-electron chi connectivity index (χ0n) is 17.8. The van der Waals surface area contributed by atoms with Crippen LogP contribution in [0.3, 0.4) is 0 Å². The van der Waals surface area contributed by atoms with Gasteiger partial charge in [-0.15, -0.1) is 0 Å². The number of ether oxygens (including phenoxy) is 1. The summed E-state index contributed by atoms with van der Waals surface area (Å²) >= 11 is 0. The zero-order valence-corrected chi connectivity index (χ0v) is 17.8. The molecule has 2 atom stereocenters. The van der Waals surface area contributed by atoms with E-state index in [1.165, 1.54) is 0 Å². The van der Waals surface area contributed by atoms with Crippen LogP contribution < -0.4 is 0 Å². The summed E-state index contributed by atoms with van der Waals surface area (Å²) in [5, 5.41) is 0. The van der Waals surface area contributed by atoms with Crippen LogP contribution in [-0.2, 0) is 20.7 Å². The van der Waals surface area contributed by atoms with Crippen LogP contribution in [0.5, 0.6) is 0 Å². The Morgan fingerprint density at radius 1 is 1.10 bits per heavy atom. The minimum atomic E-state index is -0.608. The monoisotopic (exact) mass is 406 g/mol. The summed E-state index contributed by atoms with van der Waals surface area (Å²) in [7, 11) is 3.61.